The van der Waals surface area contributed by atoms with E-state index >= 15 is 0 Å². The van der Waals surface area contributed by atoms with Gasteiger partial charge < -0.3 is 4.74 Å². The summed E-state index contributed by atoms with van der Waals surface area (Å²) in [7, 11) is 0. The van der Waals surface area contributed by atoms with Crippen molar-refractivity contribution in [2.24, 2.45) is 0 Å². The van der Waals surface area contributed by atoms with Gasteiger partial charge in [0.1, 0.15) is 0 Å². The Morgan fingerprint density at radius 1 is 0.879 bits per heavy atom. The first kappa shape index (κ1) is 24.4. The fourth-order valence-electron chi connectivity index (χ4n) is 5.54. The summed E-state index contributed by atoms with van der Waals surface area (Å²) in [6.07, 6.45) is 3.48. The molecule has 1 atom stereocenters. The van der Waals surface area contributed by atoms with E-state index < -0.39 is 0 Å². The first-order valence-corrected chi connectivity index (χ1v) is 13.2. The van der Waals surface area contributed by atoms with Gasteiger partial charge >= 0.3 is 0 Å². The normalized spacial score (nSPS) is 17.8. The number of nitrogens with zero attached hydrogens (tertiary/aromatic N) is 2. The largest absolute Gasteiger partial charge is 0.381 e. The van der Waals surface area contributed by atoms with Crippen LogP contribution in [0.25, 0.3) is 0 Å². The van der Waals surface area contributed by atoms with Crippen LogP contribution >= 0.6 is 0 Å². The molecule has 0 amide bonds. The summed E-state index contributed by atoms with van der Waals surface area (Å²) in [5.74, 6) is 1.05. The molecule has 2 aliphatic heterocycles. The molecule has 0 aromatic heterocycles. The average molecular weight is 449 g/mol. The molecule has 0 radical (unpaired) electrons. The van der Waals surface area contributed by atoms with Crippen molar-refractivity contribution >= 4 is 0 Å². The molecular formula is C30H44N2O. The maximum atomic E-state index is 6.17. The Bertz CT molecular complexity index is 935. The van der Waals surface area contributed by atoms with Crippen molar-refractivity contribution in [3.63, 3.8) is 0 Å². The summed E-state index contributed by atoms with van der Waals surface area (Å²) in [5.41, 5.74) is 10.5. The molecule has 33 heavy (non-hydrogen) atoms. The van der Waals surface area contributed by atoms with Crippen LogP contribution in [0, 0.1) is 6.92 Å². The lowest BCUT2D eigenvalue weighted by Gasteiger charge is -2.30. The lowest BCUT2D eigenvalue weighted by Crippen LogP contribution is -2.32. The van der Waals surface area contributed by atoms with Gasteiger partial charge in [-0.05, 0) is 77.6 Å². The van der Waals surface area contributed by atoms with Crippen LogP contribution in [0.1, 0.15) is 84.9 Å². The molecule has 0 saturated heterocycles. The van der Waals surface area contributed by atoms with Crippen LogP contribution in [0.2, 0.25) is 0 Å². The zero-order valence-corrected chi connectivity index (χ0v) is 21.6. The molecule has 0 bridgehead atoms. The van der Waals surface area contributed by atoms with Gasteiger partial charge in [0.2, 0.25) is 0 Å². The van der Waals surface area contributed by atoms with E-state index in [0.717, 1.165) is 45.8 Å². The molecule has 0 aliphatic carbocycles. The van der Waals surface area contributed by atoms with E-state index in [1.165, 1.54) is 53.7 Å². The molecule has 3 nitrogen and oxygen atoms in total. The van der Waals surface area contributed by atoms with Crippen LogP contribution in [-0.4, -0.2) is 49.2 Å². The molecule has 0 fully saturated rings. The number of benzene rings is 2. The van der Waals surface area contributed by atoms with E-state index in [1.807, 2.05) is 0 Å². The third kappa shape index (κ3) is 6.07. The van der Waals surface area contributed by atoms with E-state index in [2.05, 4.69) is 74.8 Å². The lowest BCUT2D eigenvalue weighted by molar-refractivity contribution is 0.109. The van der Waals surface area contributed by atoms with Crippen molar-refractivity contribution in [3.05, 3.63) is 69.3 Å². The molecule has 2 aliphatic rings. The molecule has 3 heteroatoms. The number of likely N-dealkylation sites (N-methyl/N-ethyl adjacent to an activating group) is 1. The number of fused-ring (bicyclic) bond motifs is 2. The van der Waals surface area contributed by atoms with Gasteiger partial charge in [-0.3, -0.25) is 9.80 Å². The van der Waals surface area contributed by atoms with E-state index in [4.69, 9.17) is 4.74 Å². The van der Waals surface area contributed by atoms with Crippen LogP contribution < -0.4 is 0 Å². The molecule has 2 aromatic rings. The SMILES string of the molecule is CCN1CCc2cc(C)c([C@@H](C)COCCCN3CCc4ccc(C(C)C)cc4C3)cc2C1. The molecule has 0 N–H and O–H groups in total. The fourth-order valence-corrected chi connectivity index (χ4v) is 5.54. The van der Waals surface area contributed by atoms with Crippen LogP contribution in [0.4, 0.5) is 0 Å². The predicted molar refractivity (Wildman–Crippen MR) is 139 cm³/mol. The molecule has 0 unspecified atom stereocenters. The van der Waals surface area contributed by atoms with Gasteiger partial charge in [0.25, 0.3) is 0 Å². The average Bonchev–Trinajstić information content (AvgIpc) is 2.82. The number of hydrogen-bond donors (Lipinski definition) is 0. The first-order chi connectivity index (χ1) is 15.9. The van der Waals surface area contributed by atoms with Gasteiger partial charge in [-0.25, -0.2) is 0 Å². The maximum Gasteiger partial charge on any atom is 0.0532 e. The van der Waals surface area contributed by atoms with E-state index in [9.17, 15) is 0 Å². The second kappa shape index (κ2) is 11.2. The summed E-state index contributed by atoms with van der Waals surface area (Å²) in [6.45, 7) is 19.9. The van der Waals surface area contributed by atoms with Crippen molar-refractivity contribution in [1.82, 2.24) is 9.80 Å². The molecule has 2 heterocycles. The third-order valence-electron chi connectivity index (χ3n) is 7.78. The summed E-state index contributed by atoms with van der Waals surface area (Å²) >= 11 is 0. The number of ether oxygens (including phenoxy) is 1. The van der Waals surface area contributed by atoms with Crippen LogP contribution in [0.15, 0.2) is 30.3 Å². The highest BCUT2D eigenvalue weighted by molar-refractivity contribution is 5.41. The highest BCUT2D eigenvalue weighted by atomic mass is 16.5. The molecule has 0 spiro atoms. The smallest absolute Gasteiger partial charge is 0.0532 e. The monoisotopic (exact) mass is 448 g/mol. The van der Waals surface area contributed by atoms with E-state index in [-0.39, 0.29) is 0 Å². The Labute approximate surface area is 202 Å². The number of aryl methyl sites for hydroxylation is 1. The summed E-state index contributed by atoms with van der Waals surface area (Å²) in [6, 6.07) is 12.0. The van der Waals surface area contributed by atoms with Gasteiger partial charge in [0, 0.05) is 45.2 Å². The molecule has 2 aromatic carbocycles. The quantitative estimate of drug-likeness (QED) is 0.433. The van der Waals surface area contributed by atoms with Crippen LogP contribution in [-0.2, 0) is 30.7 Å². The van der Waals surface area contributed by atoms with Crippen molar-refractivity contribution in [2.45, 2.75) is 78.8 Å². The standard InChI is InChI=1S/C30H44N2O/c1-6-31-13-11-27-16-23(4)30(18-29(27)19-31)24(5)21-33-15-7-12-32-14-10-25-8-9-26(22(2)3)17-28(25)20-32/h8-9,16-18,22,24H,6-7,10-15,19-21H2,1-5H3/t24-/m0/s1. The maximum absolute atomic E-state index is 6.17. The van der Waals surface area contributed by atoms with Crippen molar-refractivity contribution in [2.75, 3.05) is 39.4 Å². The fraction of sp³-hybridized carbons (Fsp3) is 0.600. The third-order valence-corrected chi connectivity index (χ3v) is 7.78. The van der Waals surface area contributed by atoms with Gasteiger partial charge in [-0.2, -0.15) is 0 Å². The minimum atomic E-state index is 0.448. The second-order valence-corrected chi connectivity index (χ2v) is 10.6. The molecule has 0 saturated carbocycles. The van der Waals surface area contributed by atoms with Gasteiger partial charge in [-0.1, -0.05) is 58.0 Å². The Morgan fingerprint density at radius 3 is 2.39 bits per heavy atom. The highest BCUT2D eigenvalue weighted by Crippen LogP contribution is 2.28. The number of hydrogen-bond acceptors (Lipinski definition) is 3. The summed E-state index contributed by atoms with van der Waals surface area (Å²) in [4.78, 5) is 5.15. The Hall–Kier alpha value is -1.68. The van der Waals surface area contributed by atoms with Gasteiger partial charge in [-0.15, -0.1) is 0 Å². The van der Waals surface area contributed by atoms with Gasteiger partial charge in [0.15, 0.2) is 0 Å². The lowest BCUT2D eigenvalue weighted by atomic mass is 9.89. The highest BCUT2D eigenvalue weighted by Gasteiger charge is 2.19. The topological polar surface area (TPSA) is 15.7 Å². The minimum Gasteiger partial charge on any atom is -0.381 e. The van der Waals surface area contributed by atoms with Crippen LogP contribution in [0.3, 0.4) is 0 Å². The summed E-state index contributed by atoms with van der Waals surface area (Å²) < 4.78 is 6.17. The van der Waals surface area contributed by atoms with E-state index in [0.29, 0.717) is 11.8 Å². The Kier molecular flexibility index (Phi) is 8.27. The van der Waals surface area contributed by atoms with E-state index in [1.54, 1.807) is 11.1 Å². The van der Waals surface area contributed by atoms with Crippen LogP contribution in [0.5, 0.6) is 0 Å². The zero-order chi connectivity index (χ0) is 23.4. The summed E-state index contributed by atoms with van der Waals surface area (Å²) in [5, 5.41) is 0. The second-order valence-electron chi connectivity index (χ2n) is 10.6. The zero-order valence-electron chi connectivity index (χ0n) is 21.6. The van der Waals surface area contributed by atoms with Crippen molar-refractivity contribution in [1.29, 1.82) is 0 Å². The first-order valence-electron chi connectivity index (χ1n) is 13.2. The molecule has 180 valence electrons. The van der Waals surface area contributed by atoms with Gasteiger partial charge in [0.05, 0.1) is 6.61 Å². The predicted octanol–water partition coefficient (Wildman–Crippen LogP) is 6.06. The van der Waals surface area contributed by atoms with Crippen molar-refractivity contribution in [3.8, 4) is 0 Å². The Morgan fingerprint density at radius 2 is 1.61 bits per heavy atom. The molecular weight excluding hydrogens is 404 g/mol. The Balaban J connectivity index is 1.23. The van der Waals surface area contributed by atoms with Crippen molar-refractivity contribution < 1.29 is 4.74 Å². The molecule has 4 rings (SSSR count). The number of rotatable bonds is 9. The minimum absolute atomic E-state index is 0.448.